The Labute approximate surface area is 183 Å². The van der Waals surface area contributed by atoms with Gasteiger partial charge >= 0.3 is 0 Å². The Kier molecular flexibility index (Phi) is 5.94. The molecule has 3 aromatic rings. The lowest BCUT2D eigenvalue weighted by molar-refractivity contribution is 0.620. The van der Waals surface area contributed by atoms with E-state index < -0.39 is 0 Å². The zero-order valence-electron chi connectivity index (χ0n) is 15.4. The molecule has 0 radical (unpaired) electrons. The van der Waals surface area contributed by atoms with E-state index in [1.165, 1.54) is 4.68 Å². The fourth-order valence-corrected chi connectivity index (χ4v) is 4.11. The van der Waals surface area contributed by atoms with Crippen LogP contribution in [0.3, 0.4) is 0 Å². The van der Waals surface area contributed by atoms with E-state index in [1.807, 2.05) is 30.3 Å². The Morgan fingerprint density at radius 2 is 1.62 bits per heavy atom. The SMILES string of the molecule is O=c1c(Cl)c(N2CCN(c3ncc(Cl)cc3Cl)CC2)cnn1Cc1ccccc1. The second kappa shape index (κ2) is 8.61. The molecular formula is C20H18Cl3N5O. The van der Waals surface area contributed by atoms with Gasteiger partial charge < -0.3 is 9.80 Å². The third-order valence-corrected chi connectivity index (χ3v) is 5.69. The van der Waals surface area contributed by atoms with Gasteiger partial charge in [0.15, 0.2) is 0 Å². The van der Waals surface area contributed by atoms with Crippen LogP contribution in [0.25, 0.3) is 0 Å². The number of nitrogens with zero attached hydrogens (tertiary/aromatic N) is 5. The van der Waals surface area contributed by atoms with Crippen LogP contribution in [0.5, 0.6) is 0 Å². The Morgan fingerprint density at radius 3 is 2.31 bits per heavy atom. The first-order valence-corrected chi connectivity index (χ1v) is 10.3. The lowest BCUT2D eigenvalue weighted by Crippen LogP contribution is -2.47. The van der Waals surface area contributed by atoms with Gasteiger partial charge in [0.1, 0.15) is 10.8 Å². The van der Waals surface area contributed by atoms with Crippen molar-refractivity contribution in [3.63, 3.8) is 0 Å². The topological polar surface area (TPSA) is 54.3 Å². The van der Waals surface area contributed by atoms with E-state index in [1.54, 1.807) is 18.5 Å². The fourth-order valence-electron chi connectivity index (χ4n) is 3.35. The number of aromatic nitrogens is 3. The largest absolute Gasteiger partial charge is 0.365 e. The highest BCUT2D eigenvalue weighted by Crippen LogP contribution is 2.28. The molecule has 0 unspecified atom stereocenters. The van der Waals surface area contributed by atoms with Gasteiger partial charge in [-0.2, -0.15) is 5.10 Å². The summed E-state index contributed by atoms with van der Waals surface area (Å²) < 4.78 is 1.38. The zero-order valence-corrected chi connectivity index (χ0v) is 17.7. The molecule has 0 amide bonds. The van der Waals surface area contributed by atoms with Crippen molar-refractivity contribution in [2.24, 2.45) is 0 Å². The average molecular weight is 451 g/mol. The standard InChI is InChI=1S/C20H18Cl3N5O/c21-15-10-16(22)19(24-11-15)27-8-6-26(7-9-27)17-12-25-28(20(29)18(17)23)13-14-4-2-1-3-5-14/h1-5,10-12H,6-9,13H2. The number of piperazine rings is 1. The molecule has 0 atom stereocenters. The Hall–Kier alpha value is -2.28. The molecule has 9 heteroatoms. The van der Waals surface area contributed by atoms with E-state index in [9.17, 15) is 4.79 Å². The molecule has 1 saturated heterocycles. The van der Waals surface area contributed by atoms with Crippen molar-refractivity contribution < 1.29 is 0 Å². The monoisotopic (exact) mass is 449 g/mol. The minimum absolute atomic E-state index is 0.187. The molecule has 6 nitrogen and oxygen atoms in total. The van der Waals surface area contributed by atoms with E-state index in [4.69, 9.17) is 34.8 Å². The summed E-state index contributed by atoms with van der Waals surface area (Å²) in [6.07, 6.45) is 3.25. The molecule has 1 aromatic carbocycles. The predicted molar refractivity (Wildman–Crippen MR) is 118 cm³/mol. The lowest BCUT2D eigenvalue weighted by atomic mass is 10.2. The molecule has 0 aliphatic carbocycles. The van der Waals surface area contributed by atoms with E-state index in [-0.39, 0.29) is 10.6 Å². The number of benzene rings is 1. The number of pyridine rings is 1. The fraction of sp³-hybridized carbons (Fsp3) is 0.250. The molecule has 4 rings (SSSR count). The molecule has 2 aromatic heterocycles. The van der Waals surface area contributed by atoms with Crippen molar-refractivity contribution in [2.75, 3.05) is 36.0 Å². The van der Waals surface area contributed by atoms with Gasteiger partial charge in [-0.15, -0.1) is 0 Å². The molecule has 3 heterocycles. The highest BCUT2D eigenvalue weighted by atomic mass is 35.5. The van der Waals surface area contributed by atoms with Gasteiger partial charge in [-0.05, 0) is 11.6 Å². The van der Waals surface area contributed by atoms with Crippen LogP contribution in [-0.2, 0) is 6.54 Å². The van der Waals surface area contributed by atoms with Crippen LogP contribution in [0, 0.1) is 0 Å². The van der Waals surface area contributed by atoms with E-state index in [2.05, 4.69) is 19.9 Å². The van der Waals surface area contributed by atoms with Crippen molar-refractivity contribution in [2.45, 2.75) is 6.54 Å². The molecule has 1 fully saturated rings. The molecule has 1 aliphatic heterocycles. The third-order valence-electron chi connectivity index (χ3n) is 4.85. The number of rotatable bonds is 4. The average Bonchev–Trinajstić information content (AvgIpc) is 2.73. The quantitative estimate of drug-likeness (QED) is 0.602. The Bertz CT molecular complexity index is 1070. The first kappa shape index (κ1) is 20.0. The summed E-state index contributed by atoms with van der Waals surface area (Å²) in [5.41, 5.74) is 1.35. The zero-order chi connectivity index (χ0) is 20.4. The van der Waals surface area contributed by atoms with Gasteiger partial charge in [0, 0.05) is 32.4 Å². The van der Waals surface area contributed by atoms with Gasteiger partial charge in [0.05, 0.1) is 28.5 Å². The second-order valence-electron chi connectivity index (χ2n) is 6.73. The van der Waals surface area contributed by atoms with Gasteiger partial charge in [0.2, 0.25) is 0 Å². The first-order chi connectivity index (χ1) is 14.0. The summed E-state index contributed by atoms with van der Waals surface area (Å²) in [5.74, 6) is 0.707. The van der Waals surface area contributed by atoms with Crippen LogP contribution < -0.4 is 15.4 Å². The highest BCUT2D eigenvalue weighted by molar-refractivity contribution is 6.36. The van der Waals surface area contributed by atoms with Crippen molar-refractivity contribution in [1.29, 1.82) is 0 Å². The molecular weight excluding hydrogens is 433 g/mol. The maximum atomic E-state index is 12.7. The first-order valence-electron chi connectivity index (χ1n) is 9.13. The van der Waals surface area contributed by atoms with Crippen LogP contribution in [0.1, 0.15) is 5.56 Å². The smallest absolute Gasteiger partial charge is 0.287 e. The maximum absolute atomic E-state index is 12.7. The maximum Gasteiger partial charge on any atom is 0.287 e. The minimum atomic E-state index is -0.294. The molecule has 29 heavy (non-hydrogen) atoms. The summed E-state index contributed by atoms with van der Waals surface area (Å²) in [6.45, 7) is 3.11. The summed E-state index contributed by atoms with van der Waals surface area (Å²) in [4.78, 5) is 21.2. The van der Waals surface area contributed by atoms with Crippen LogP contribution in [0.2, 0.25) is 15.1 Å². The molecule has 150 valence electrons. The van der Waals surface area contributed by atoms with Crippen molar-refractivity contribution in [1.82, 2.24) is 14.8 Å². The Morgan fingerprint density at radius 1 is 0.931 bits per heavy atom. The van der Waals surface area contributed by atoms with Crippen LogP contribution in [0.15, 0.2) is 53.6 Å². The van der Waals surface area contributed by atoms with Crippen LogP contribution in [-0.4, -0.2) is 40.9 Å². The van der Waals surface area contributed by atoms with E-state index in [0.29, 0.717) is 54.3 Å². The Balaban J connectivity index is 1.48. The summed E-state index contributed by atoms with van der Waals surface area (Å²) in [7, 11) is 0. The molecule has 0 spiro atoms. The third kappa shape index (κ3) is 4.34. The van der Waals surface area contributed by atoms with Crippen molar-refractivity contribution in [3.8, 4) is 0 Å². The number of hydrogen-bond donors (Lipinski definition) is 0. The molecule has 1 aliphatic rings. The molecule has 0 saturated carbocycles. The lowest BCUT2D eigenvalue weighted by Gasteiger charge is -2.37. The van der Waals surface area contributed by atoms with Crippen molar-refractivity contribution >= 4 is 46.3 Å². The van der Waals surface area contributed by atoms with Crippen LogP contribution in [0.4, 0.5) is 11.5 Å². The second-order valence-corrected chi connectivity index (χ2v) is 7.95. The van der Waals surface area contributed by atoms with Gasteiger partial charge in [-0.3, -0.25) is 4.79 Å². The van der Waals surface area contributed by atoms with Crippen molar-refractivity contribution in [3.05, 3.63) is 79.8 Å². The van der Waals surface area contributed by atoms with Crippen LogP contribution >= 0.6 is 34.8 Å². The summed E-state index contributed by atoms with van der Waals surface area (Å²) in [6, 6.07) is 11.4. The molecule has 0 bridgehead atoms. The summed E-state index contributed by atoms with van der Waals surface area (Å²) >= 11 is 18.6. The predicted octanol–water partition coefficient (Wildman–Crippen LogP) is 3.97. The number of anilines is 2. The minimum Gasteiger partial charge on any atom is -0.365 e. The van der Waals surface area contributed by atoms with E-state index in [0.717, 1.165) is 5.56 Å². The normalized spacial score (nSPS) is 14.3. The molecule has 0 N–H and O–H groups in total. The van der Waals surface area contributed by atoms with Gasteiger partial charge in [-0.25, -0.2) is 9.67 Å². The number of halogens is 3. The van der Waals surface area contributed by atoms with Gasteiger partial charge in [-0.1, -0.05) is 65.1 Å². The summed E-state index contributed by atoms with van der Waals surface area (Å²) in [5, 5.41) is 5.54. The number of hydrogen-bond acceptors (Lipinski definition) is 5. The highest BCUT2D eigenvalue weighted by Gasteiger charge is 2.23. The van der Waals surface area contributed by atoms with E-state index >= 15 is 0 Å². The van der Waals surface area contributed by atoms with Gasteiger partial charge in [0.25, 0.3) is 5.56 Å².